The molecule has 1 saturated carbocycles. The van der Waals surface area contributed by atoms with E-state index in [0.717, 1.165) is 67.8 Å². The van der Waals surface area contributed by atoms with Crippen LogP contribution in [0.2, 0.25) is 0 Å². The molecule has 3 atom stereocenters. The first-order valence-electron chi connectivity index (χ1n) is 10.4. The topological polar surface area (TPSA) is 88.4 Å². The highest BCUT2D eigenvalue weighted by Crippen LogP contribution is 2.42. The number of nitrogens with zero attached hydrogens (tertiary/aromatic N) is 5. The van der Waals surface area contributed by atoms with Gasteiger partial charge in [0, 0.05) is 25.2 Å². The molecule has 1 aliphatic carbocycles. The summed E-state index contributed by atoms with van der Waals surface area (Å²) < 4.78 is 8.00. The summed E-state index contributed by atoms with van der Waals surface area (Å²) in [6, 6.07) is 2.01. The third-order valence-corrected chi connectivity index (χ3v) is 6.36. The van der Waals surface area contributed by atoms with Gasteiger partial charge >= 0.3 is 6.09 Å². The van der Waals surface area contributed by atoms with Crippen LogP contribution in [-0.2, 0) is 4.74 Å². The average molecular weight is 382 g/mol. The molecular weight excluding hydrogens is 356 g/mol. The van der Waals surface area contributed by atoms with Gasteiger partial charge in [0.15, 0.2) is 11.3 Å². The Balaban J connectivity index is 1.40. The smallest absolute Gasteiger partial charge is 0.410 e. The van der Waals surface area contributed by atoms with Crippen molar-refractivity contribution in [3.05, 3.63) is 24.3 Å². The van der Waals surface area contributed by atoms with Gasteiger partial charge < -0.3 is 14.6 Å². The second-order valence-electron chi connectivity index (χ2n) is 8.02. The largest absolute Gasteiger partial charge is 0.446 e. The van der Waals surface area contributed by atoms with Crippen LogP contribution in [0.25, 0.3) is 16.8 Å². The van der Waals surface area contributed by atoms with E-state index in [1.807, 2.05) is 17.2 Å². The van der Waals surface area contributed by atoms with Crippen molar-refractivity contribution < 1.29 is 9.53 Å². The predicted octanol–water partition coefficient (Wildman–Crippen LogP) is 3.50. The summed E-state index contributed by atoms with van der Waals surface area (Å²) in [4.78, 5) is 22.0. The van der Waals surface area contributed by atoms with Gasteiger partial charge in [-0.25, -0.2) is 9.78 Å². The number of piperidine rings is 1. The Bertz CT molecular complexity index is 989. The summed E-state index contributed by atoms with van der Waals surface area (Å²) in [6.07, 6.45) is 9.50. The lowest BCUT2D eigenvalue weighted by atomic mass is 9.93. The summed E-state index contributed by atoms with van der Waals surface area (Å²) in [6.45, 7) is 3.84. The van der Waals surface area contributed by atoms with Crippen molar-refractivity contribution in [1.82, 2.24) is 29.5 Å². The highest BCUT2D eigenvalue weighted by molar-refractivity contribution is 5.74. The number of aromatic nitrogens is 5. The molecule has 148 valence electrons. The number of hydrogen-bond donors (Lipinski definition) is 1. The zero-order valence-corrected chi connectivity index (χ0v) is 16.2. The molecule has 28 heavy (non-hydrogen) atoms. The van der Waals surface area contributed by atoms with Gasteiger partial charge in [-0.3, -0.25) is 4.40 Å². The summed E-state index contributed by atoms with van der Waals surface area (Å²) in [5.74, 6) is 1.60. The van der Waals surface area contributed by atoms with Gasteiger partial charge in [-0.1, -0.05) is 13.3 Å². The van der Waals surface area contributed by atoms with E-state index in [0.29, 0.717) is 5.92 Å². The SMILES string of the molecule is CC[C@@H]1C[C@H](OC(=O)N2CCCCC2)C[C@@H]1c1nnc2cnc3[nH]ccc3n12. The van der Waals surface area contributed by atoms with E-state index in [1.165, 1.54) is 6.42 Å². The van der Waals surface area contributed by atoms with Crippen molar-refractivity contribution >= 4 is 22.9 Å². The molecule has 2 aliphatic rings. The van der Waals surface area contributed by atoms with Crippen molar-refractivity contribution in [2.45, 2.75) is 57.5 Å². The van der Waals surface area contributed by atoms with Crippen LogP contribution in [0.5, 0.6) is 0 Å². The van der Waals surface area contributed by atoms with Crippen LogP contribution in [0, 0.1) is 5.92 Å². The minimum Gasteiger partial charge on any atom is -0.446 e. The van der Waals surface area contributed by atoms with E-state index >= 15 is 0 Å². The van der Waals surface area contributed by atoms with Crippen molar-refractivity contribution in [2.24, 2.45) is 5.92 Å². The number of amides is 1. The Morgan fingerprint density at radius 1 is 1.25 bits per heavy atom. The van der Waals surface area contributed by atoms with Gasteiger partial charge in [-0.15, -0.1) is 10.2 Å². The van der Waals surface area contributed by atoms with Crippen LogP contribution in [0.4, 0.5) is 4.79 Å². The zero-order chi connectivity index (χ0) is 19.1. The van der Waals surface area contributed by atoms with Crippen molar-refractivity contribution in [3.63, 3.8) is 0 Å². The fourth-order valence-electron chi connectivity index (χ4n) is 4.87. The van der Waals surface area contributed by atoms with E-state index in [1.54, 1.807) is 6.20 Å². The van der Waals surface area contributed by atoms with Crippen LogP contribution in [0.3, 0.4) is 0 Å². The van der Waals surface area contributed by atoms with E-state index < -0.39 is 0 Å². The first-order chi connectivity index (χ1) is 13.7. The molecule has 0 bridgehead atoms. The zero-order valence-electron chi connectivity index (χ0n) is 16.2. The number of ether oxygens (including phenoxy) is 1. The molecule has 3 aromatic heterocycles. The Morgan fingerprint density at radius 2 is 2.11 bits per heavy atom. The average Bonchev–Trinajstić information content (AvgIpc) is 3.45. The summed E-state index contributed by atoms with van der Waals surface area (Å²) >= 11 is 0. The summed E-state index contributed by atoms with van der Waals surface area (Å²) in [5.41, 5.74) is 2.57. The number of hydrogen-bond acceptors (Lipinski definition) is 5. The van der Waals surface area contributed by atoms with Crippen molar-refractivity contribution in [2.75, 3.05) is 13.1 Å². The minimum absolute atomic E-state index is 0.0553. The number of rotatable bonds is 3. The first-order valence-corrected chi connectivity index (χ1v) is 10.4. The second kappa shape index (κ2) is 7.07. The molecule has 0 aromatic carbocycles. The fraction of sp³-hybridized carbons (Fsp3) is 0.600. The third kappa shape index (κ3) is 2.91. The lowest BCUT2D eigenvalue weighted by Crippen LogP contribution is -2.37. The summed E-state index contributed by atoms with van der Waals surface area (Å²) in [5, 5.41) is 8.86. The second-order valence-corrected chi connectivity index (χ2v) is 8.02. The molecule has 1 N–H and O–H groups in total. The van der Waals surface area contributed by atoms with Gasteiger partial charge in [-0.05, 0) is 44.1 Å². The van der Waals surface area contributed by atoms with E-state index in [2.05, 4.69) is 31.5 Å². The molecule has 1 saturated heterocycles. The number of aromatic amines is 1. The monoisotopic (exact) mass is 382 g/mol. The molecular formula is C20H26N6O2. The molecule has 0 radical (unpaired) electrons. The van der Waals surface area contributed by atoms with Gasteiger partial charge in [0.2, 0.25) is 0 Å². The van der Waals surface area contributed by atoms with E-state index in [4.69, 9.17) is 4.74 Å². The van der Waals surface area contributed by atoms with Crippen LogP contribution in [-0.4, -0.2) is 54.8 Å². The quantitative estimate of drug-likeness (QED) is 0.749. The minimum atomic E-state index is -0.150. The van der Waals surface area contributed by atoms with Crippen LogP contribution in [0.1, 0.15) is 57.2 Å². The molecule has 0 unspecified atom stereocenters. The predicted molar refractivity (Wildman–Crippen MR) is 104 cm³/mol. The maximum Gasteiger partial charge on any atom is 0.410 e. The Morgan fingerprint density at radius 3 is 2.93 bits per heavy atom. The molecule has 5 rings (SSSR count). The van der Waals surface area contributed by atoms with Crippen LogP contribution in [0.15, 0.2) is 18.5 Å². The molecule has 3 aromatic rings. The van der Waals surface area contributed by atoms with Crippen LogP contribution >= 0.6 is 0 Å². The molecule has 2 fully saturated rings. The highest BCUT2D eigenvalue weighted by atomic mass is 16.6. The number of carbonyl (C=O) groups excluding carboxylic acids is 1. The lowest BCUT2D eigenvalue weighted by Gasteiger charge is -2.27. The fourth-order valence-corrected chi connectivity index (χ4v) is 4.87. The highest BCUT2D eigenvalue weighted by Gasteiger charge is 2.39. The van der Waals surface area contributed by atoms with Gasteiger partial charge in [0.25, 0.3) is 0 Å². The Hall–Kier alpha value is -2.64. The number of fused-ring (bicyclic) bond motifs is 3. The van der Waals surface area contributed by atoms with Crippen molar-refractivity contribution in [3.8, 4) is 0 Å². The van der Waals surface area contributed by atoms with E-state index in [-0.39, 0.29) is 18.1 Å². The lowest BCUT2D eigenvalue weighted by molar-refractivity contribution is 0.0583. The Labute approximate surface area is 163 Å². The first kappa shape index (κ1) is 17.5. The number of carbonyl (C=O) groups is 1. The molecule has 8 heteroatoms. The van der Waals surface area contributed by atoms with E-state index in [9.17, 15) is 4.79 Å². The number of nitrogens with one attached hydrogen (secondary N) is 1. The Kier molecular flexibility index (Phi) is 4.41. The number of H-pyrrole nitrogens is 1. The maximum absolute atomic E-state index is 12.6. The number of likely N-dealkylation sites (tertiary alicyclic amines) is 1. The molecule has 0 spiro atoms. The maximum atomic E-state index is 12.6. The molecule has 1 aliphatic heterocycles. The van der Waals surface area contributed by atoms with Crippen molar-refractivity contribution in [1.29, 1.82) is 0 Å². The summed E-state index contributed by atoms with van der Waals surface area (Å²) in [7, 11) is 0. The molecule has 8 nitrogen and oxygen atoms in total. The van der Waals surface area contributed by atoms with Gasteiger partial charge in [0.1, 0.15) is 11.9 Å². The molecule has 1 amide bonds. The standard InChI is InChI=1S/C20H26N6O2/c1-2-13-10-14(28-20(27)25-8-4-3-5-9-25)11-15(13)19-24-23-17-12-22-18-16(26(17)19)6-7-21-18/h6-7,12-15,21H,2-5,8-11H2,1H3/t13-,14+,15+/m1/s1. The van der Waals surface area contributed by atoms with Gasteiger partial charge in [-0.2, -0.15) is 0 Å². The normalized spacial score (nSPS) is 25.6. The van der Waals surface area contributed by atoms with Gasteiger partial charge in [0.05, 0.1) is 11.7 Å². The molecule has 4 heterocycles. The van der Waals surface area contributed by atoms with Crippen LogP contribution < -0.4 is 0 Å². The third-order valence-electron chi connectivity index (χ3n) is 6.36.